The summed E-state index contributed by atoms with van der Waals surface area (Å²) in [6.07, 6.45) is 0. The molecule has 0 saturated carbocycles. The van der Waals surface area contributed by atoms with E-state index in [2.05, 4.69) is 5.32 Å². The Hall–Kier alpha value is -2.29. The number of carbonyl (C=O) groups is 1. The summed E-state index contributed by atoms with van der Waals surface area (Å²) in [6, 6.07) is 11.5. The highest BCUT2D eigenvalue weighted by Gasteiger charge is 2.33. The Kier molecular flexibility index (Phi) is 4.95. The van der Waals surface area contributed by atoms with E-state index in [0.29, 0.717) is 44.0 Å². The molecule has 0 bridgehead atoms. The van der Waals surface area contributed by atoms with Gasteiger partial charge in [0.15, 0.2) is 0 Å². The van der Waals surface area contributed by atoms with Gasteiger partial charge in [0.1, 0.15) is 12.4 Å². The molecule has 0 radical (unpaired) electrons. The van der Waals surface area contributed by atoms with Gasteiger partial charge in [0, 0.05) is 11.3 Å². The molecule has 1 atom stereocenters. The van der Waals surface area contributed by atoms with Crippen LogP contribution in [0.15, 0.2) is 47.4 Å². The van der Waals surface area contributed by atoms with Gasteiger partial charge in [0.2, 0.25) is 15.9 Å². The lowest BCUT2D eigenvalue weighted by Crippen LogP contribution is -3.13. The van der Waals surface area contributed by atoms with E-state index in [1.807, 2.05) is 6.07 Å². The summed E-state index contributed by atoms with van der Waals surface area (Å²) in [5.74, 6) is -0.692. The third-order valence-corrected chi connectivity index (χ3v) is 7.50. The Bertz CT molecular complexity index is 1020. The molecule has 0 aromatic heterocycles. The molecule has 0 spiro atoms. The van der Waals surface area contributed by atoms with Crippen LogP contribution in [0.2, 0.25) is 0 Å². The molecular formula is C20H23FN3O3S+. The highest BCUT2D eigenvalue weighted by molar-refractivity contribution is 7.89. The Morgan fingerprint density at radius 2 is 1.89 bits per heavy atom. The molecule has 2 N–H and O–H groups in total. The Morgan fingerprint density at radius 3 is 2.61 bits per heavy atom. The monoisotopic (exact) mass is 404 g/mol. The van der Waals surface area contributed by atoms with E-state index in [0.717, 1.165) is 10.5 Å². The fourth-order valence-corrected chi connectivity index (χ4v) is 5.31. The van der Waals surface area contributed by atoms with Crippen molar-refractivity contribution in [3.05, 3.63) is 59.4 Å². The maximum atomic E-state index is 13.9. The number of carbonyl (C=O) groups excluding carboxylic acids is 1. The van der Waals surface area contributed by atoms with Crippen molar-refractivity contribution in [2.75, 3.05) is 31.5 Å². The van der Waals surface area contributed by atoms with E-state index >= 15 is 0 Å². The SMILES string of the molecule is C[C@@H]1C(=O)Nc2ccc(S(=O)(=O)N3CC[NH+](Cc4ccccc4F)CC3)cc21. The highest BCUT2D eigenvalue weighted by atomic mass is 32.2. The maximum absolute atomic E-state index is 13.9. The number of hydrogen-bond donors (Lipinski definition) is 2. The number of piperazine rings is 1. The zero-order valence-electron chi connectivity index (χ0n) is 15.6. The second-order valence-corrected chi connectivity index (χ2v) is 9.32. The molecule has 1 saturated heterocycles. The minimum Gasteiger partial charge on any atom is -0.329 e. The number of fused-ring (bicyclic) bond motifs is 1. The van der Waals surface area contributed by atoms with Crippen LogP contribution >= 0.6 is 0 Å². The van der Waals surface area contributed by atoms with Crippen LogP contribution in [0, 0.1) is 5.82 Å². The number of hydrogen-bond acceptors (Lipinski definition) is 3. The number of quaternary nitrogens is 1. The standard InChI is InChI=1S/C20H22FN3O3S/c1-14-17-12-16(6-7-19(17)22-20(14)25)28(26,27)24-10-8-23(9-11-24)13-15-4-2-3-5-18(15)21/h2-7,12,14H,8-11,13H2,1H3,(H,22,25)/p+1/t14-/m0/s1. The van der Waals surface area contributed by atoms with Gasteiger partial charge in [-0.1, -0.05) is 18.2 Å². The lowest BCUT2D eigenvalue weighted by atomic mass is 10.0. The van der Waals surface area contributed by atoms with Crippen molar-refractivity contribution in [1.29, 1.82) is 0 Å². The fraction of sp³-hybridized carbons (Fsp3) is 0.350. The van der Waals surface area contributed by atoms with Crippen LogP contribution in [-0.4, -0.2) is 44.8 Å². The van der Waals surface area contributed by atoms with Gasteiger partial charge in [-0.3, -0.25) is 4.79 Å². The molecule has 1 amide bonds. The topological polar surface area (TPSA) is 70.9 Å². The average Bonchev–Trinajstić information content (AvgIpc) is 2.97. The average molecular weight is 404 g/mol. The minimum absolute atomic E-state index is 0.116. The van der Waals surface area contributed by atoms with Crippen molar-refractivity contribution in [3.63, 3.8) is 0 Å². The normalized spacial score (nSPS) is 20.8. The zero-order valence-corrected chi connectivity index (χ0v) is 16.4. The third kappa shape index (κ3) is 3.43. The van der Waals surface area contributed by atoms with Crippen LogP contribution < -0.4 is 10.2 Å². The Balaban J connectivity index is 1.46. The molecule has 2 aromatic rings. The second-order valence-electron chi connectivity index (χ2n) is 7.38. The number of rotatable bonds is 4. The molecule has 2 aromatic carbocycles. The number of sulfonamides is 1. The van der Waals surface area contributed by atoms with E-state index in [4.69, 9.17) is 0 Å². The molecular weight excluding hydrogens is 381 g/mol. The predicted octanol–water partition coefficient (Wildman–Crippen LogP) is 0.971. The number of anilines is 1. The van der Waals surface area contributed by atoms with Crippen LogP contribution in [0.25, 0.3) is 0 Å². The zero-order chi connectivity index (χ0) is 19.9. The minimum atomic E-state index is -3.62. The quantitative estimate of drug-likeness (QED) is 0.798. The van der Waals surface area contributed by atoms with Gasteiger partial charge in [-0.15, -0.1) is 0 Å². The summed E-state index contributed by atoms with van der Waals surface area (Å²) >= 11 is 0. The van der Waals surface area contributed by atoms with Crippen molar-refractivity contribution >= 4 is 21.6 Å². The van der Waals surface area contributed by atoms with Crippen molar-refractivity contribution in [2.45, 2.75) is 24.3 Å². The van der Waals surface area contributed by atoms with Gasteiger partial charge in [0.25, 0.3) is 0 Å². The van der Waals surface area contributed by atoms with Gasteiger partial charge >= 0.3 is 0 Å². The van der Waals surface area contributed by atoms with Gasteiger partial charge in [-0.2, -0.15) is 4.31 Å². The van der Waals surface area contributed by atoms with Crippen molar-refractivity contribution in [1.82, 2.24) is 4.31 Å². The summed E-state index contributed by atoms with van der Waals surface area (Å²) < 4.78 is 41.4. The van der Waals surface area contributed by atoms with Crippen LogP contribution in [0.5, 0.6) is 0 Å². The first-order valence-corrected chi connectivity index (χ1v) is 10.8. The first-order chi connectivity index (χ1) is 13.4. The summed E-state index contributed by atoms with van der Waals surface area (Å²) in [6.45, 7) is 4.32. The smallest absolute Gasteiger partial charge is 0.243 e. The summed E-state index contributed by atoms with van der Waals surface area (Å²) in [7, 11) is -3.62. The summed E-state index contributed by atoms with van der Waals surface area (Å²) in [5, 5.41) is 2.76. The molecule has 0 aliphatic carbocycles. The molecule has 6 nitrogen and oxygen atoms in total. The molecule has 2 aliphatic rings. The van der Waals surface area contributed by atoms with E-state index in [1.54, 1.807) is 37.3 Å². The summed E-state index contributed by atoms with van der Waals surface area (Å²) in [4.78, 5) is 13.2. The Labute approximate surface area is 164 Å². The first-order valence-electron chi connectivity index (χ1n) is 9.38. The predicted molar refractivity (Wildman–Crippen MR) is 103 cm³/mol. The number of nitrogens with one attached hydrogen (secondary N) is 2. The molecule has 4 rings (SSSR count). The van der Waals surface area contributed by atoms with Crippen LogP contribution in [-0.2, 0) is 21.4 Å². The lowest BCUT2D eigenvalue weighted by Gasteiger charge is -2.31. The van der Waals surface area contributed by atoms with Gasteiger partial charge < -0.3 is 10.2 Å². The van der Waals surface area contributed by atoms with Crippen LogP contribution in [0.3, 0.4) is 0 Å². The molecule has 2 heterocycles. The van der Waals surface area contributed by atoms with E-state index in [1.165, 1.54) is 10.4 Å². The summed E-state index contributed by atoms with van der Waals surface area (Å²) in [5.41, 5.74) is 2.05. The molecule has 2 aliphatic heterocycles. The third-order valence-electron chi connectivity index (χ3n) is 5.61. The molecule has 8 heteroatoms. The van der Waals surface area contributed by atoms with Gasteiger partial charge in [-0.25, -0.2) is 12.8 Å². The van der Waals surface area contributed by atoms with Crippen molar-refractivity contribution in [2.24, 2.45) is 0 Å². The molecule has 0 unspecified atom stereocenters. The number of nitrogens with zero attached hydrogens (tertiary/aromatic N) is 1. The van der Waals surface area contributed by atoms with Crippen LogP contribution in [0.4, 0.5) is 10.1 Å². The molecule has 1 fully saturated rings. The molecule has 28 heavy (non-hydrogen) atoms. The van der Waals surface area contributed by atoms with Crippen LogP contribution in [0.1, 0.15) is 24.0 Å². The lowest BCUT2D eigenvalue weighted by molar-refractivity contribution is -0.917. The fourth-order valence-electron chi connectivity index (χ4n) is 3.84. The second kappa shape index (κ2) is 7.27. The largest absolute Gasteiger partial charge is 0.329 e. The van der Waals surface area contributed by atoms with Crippen molar-refractivity contribution in [3.8, 4) is 0 Å². The van der Waals surface area contributed by atoms with Crippen molar-refractivity contribution < 1.29 is 22.5 Å². The maximum Gasteiger partial charge on any atom is 0.243 e. The number of halogens is 1. The highest BCUT2D eigenvalue weighted by Crippen LogP contribution is 2.34. The van der Waals surface area contributed by atoms with E-state index < -0.39 is 10.0 Å². The van der Waals surface area contributed by atoms with E-state index in [-0.39, 0.29) is 22.5 Å². The van der Waals surface area contributed by atoms with Gasteiger partial charge in [0.05, 0.1) is 37.0 Å². The number of benzene rings is 2. The first kappa shape index (κ1) is 19.0. The van der Waals surface area contributed by atoms with E-state index in [9.17, 15) is 17.6 Å². The molecule has 148 valence electrons. The number of amides is 1. The van der Waals surface area contributed by atoms with Gasteiger partial charge in [-0.05, 0) is 36.8 Å². The Morgan fingerprint density at radius 1 is 1.18 bits per heavy atom.